The minimum atomic E-state index is -0.433. The van der Waals surface area contributed by atoms with Crippen LogP contribution in [0.2, 0.25) is 0 Å². The average Bonchev–Trinajstić information content (AvgIpc) is 2.90. The van der Waals surface area contributed by atoms with Crippen molar-refractivity contribution < 1.29 is 14.3 Å². The molecule has 134 valence electrons. The largest absolute Gasteiger partial charge is 0.465 e. The average molecular weight is 343 g/mol. The van der Waals surface area contributed by atoms with Crippen LogP contribution in [0.25, 0.3) is 0 Å². The highest BCUT2D eigenvalue weighted by atomic mass is 16.5. The first-order valence-corrected chi connectivity index (χ1v) is 8.22. The summed E-state index contributed by atoms with van der Waals surface area (Å²) in [5.41, 5.74) is 3.96. The van der Waals surface area contributed by atoms with E-state index in [1.165, 1.54) is 7.11 Å². The number of H-pyrrole nitrogens is 1. The van der Waals surface area contributed by atoms with Gasteiger partial charge in [-0.25, -0.2) is 4.79 Å². The van der Waals surface area contributed by atoms with E-state index in [0.717, 1.165) is 17.8 Å². The van der Waals surface area contributed by atoms with Crippen LogP contribution >= 0.6 is 0 Å². The number of benzene rings is 1. The molecule has 1 heterocycles. The van der Waals surface area contributed by atoms with E-state index >= 15 is 0 Å². The van der Waals surface area contributed by atoms with Crippen LogP contribution < -0.4 is 5.32 Å². The number of amides is 1. The maximum atomic E-state index is 12.7. The molecule has 1 aromatic carbocycles. The van der Waals surface area contributed by atoms with Crippen LogP contribution in [0.1, 0.15) is 44.6 Å². The van der Waals surface area contributed by atoms with E-state index in [1.807, 2.05) is 45.3 Å². The monoisotopic (exact) mass is 343 g/mol. The summed E-state index contributed by atoms with van der Waals surface area (Å²) in [5.74, 6) is -0.706. The molecule has 0 fully saturated rings. The number of methoxy groups -OCH3 is 1. The van der Waals surface area contributed by atoms with Crippen molar-refractivity contribution in [1.82, 2.24) is 9.88 Å². The number of hydrogen-bond donors (Lipinski definition) is 2. The van der Waals surface area contributed by atoms with Gasteiger partial charge in [-0.05, 0) is 50.7 Å². The van der Waals surface area contributed by atoms with Gasteiger partial charge in [-0.1, -0.05) is 19.1 Å². The van der Waals surface area contributed by atoms with E-state index in [2.05, 4.69) is 15.2 Å². The lowest BCUT2D eigenvalue weighted by molar-refractivity contribution is 0.0599. The van der Waals surface area contributed by atoms with Crippen LogP contribution in [0.15, 0.2) is 24.3 Å². The highest BCUT2D eigenvalue weighted by molar-refractivity contribution is 6.06. The maximum absolute atomic E-state index is 12.7. The summed E-state index contributed by atoms with van der Waals surface area (Å²) in [5, 5.41) is 2.89. The van der Waals surface area contributed by atoms with Crippen LogP contribution in [0.3, 0.4) is 0 Å². The number of aromatic amines is 1. The number of hydrogen-bond acceptors (Lipinski definition) is 4. The van der Waals surface area contributed by atoms with Gasteiger partial charge in [-0.2, -0.15) is 0 Å². The van der Waals surface area contributed by atoms with Crippen molar-refractivity contribution in [2.75, 3.05) is 26.5 Å². The molecule has 0 atom stereocenters. The van der Waals surface area contributed by atoms with Crippen LogP contribution in [-0.4, -0.2) is 43.0 Å². The predicted octanol–water partition coefficient (Wildman–Crippen LogP) is 2.99. The molecular formula is C19H25N3O3. The third-order valence-corrected chi connectivity index (χ3v) is 3.98. The fourth-order valence-corrected chi connectivity index (χ4v) is 2.84. The second-order valence-corrected chi connectivity index (χ2v) is 6.22. The Morgan fingerprint density at radius 3 is 2.60 bits per heavy atom. The van der Waals surface area contributed by atoms with Gasteiger partial charge in [0.05, 0.1) is 12.7 Å². The Hall–Kier alpha value is -2.60. The molecule has 2 rings (SSSR count). The second-order valence-electron chi connectivity index (χ2n) is 6.22. The molecule has 25 heavy (non-hydrogen) atoms. The van der Waals surface area contributed by atoms with Crippen molar-refractivity contribution in [3.05, 3.63) is 52.3 Å². The molecule has 1 amide bonds. The smallest absolute Gasteiger partial charge is 0.339 e. The molecule has 1 aromatic heterocycles. The number of rotatable bonds is 6. The van der Waals surface area contributed by atoms with E-state index in [4.69, 9.17) is 4.74 Å². The SMILES string of the molecule is CCc1[nH]c(C(=O)Nc2cccc(CN(C)C)c2)c(C)c1C(=O)OC. The number of carbonyl (C=O) groups is 2. The van der Waals surface area contributed by atoms with Crippen molar-refractivity contribution in [3.8, 4) is 0 Å². The van der Waals surface area contributed by atoms with E-state index in [0.29, 0.717) is 28.9 Å². The molecule has 0 unspecified atom stereocenters. The Kier molecular flexibility index (Phi) is 5.98. The van der Waals surface area contributed by atoms with Crippen LogP contribution in [0.5, 0.6) is 0 Å². The van der Waals surface area contributed by atoms with Gasteiger partial charge >= 0.3 is 5.97 Å². The van der Waals surface area contributed by atoms with Crippen LogP contribution in [0.4, 0.5) is 5.69 Å². The van der Waals surface area contributed by atoms with Gasteiger partial charge in [0.1, 0.15) is 5.69 Å². The number of nitrogens with zero attached hydrogens (tertiary/aromatic N) is 1. The number of anilines is 1. The van der Waals surface area contributed by atoms with Gasteiger partial charge in [-0.15, -0.1) is 0 Å². The van der Waals surface area contributed by atoms with Crippen molar-refractivity contribution in [2.24, 2.45) is 0 Å². The molecule has 0 saturated carbocycles. The molecule has 6 heteroatoms. The van der Waals surface area contributed by atoms with Crippen molar-refractivity contribution in [3.63, 3.8) is 0 Å². The fraction of sp³-hybridized carbons (Fsp3) is 0.368. The lowest BCUT2D eigenvalue weighted by Gasteiger charge is -2.11. The summed E-state index contributed by atoms with van der Waals surface area (Å²) in [6.07, 6.45) is 0.608. The van der Waals surface area contributed by atoms with Gasteiger partial charge in [0.15, 0.2) is 0 Å². The number of aryl methyl sites for hydroxylation is 1. The molecule has 0 saturated heterocycles. The Labute approximate surface area is 148 Å². The summed E-state index contributed by atoms with van der Waals surface area (Å²) in [6.45, 7) is 4.46. The number of aromatic nitrogens is 1. The third-order valence-electron chi connectivity index (χ3n) is 3.98. The van der Waals surface area contributed by atoms with Crippen molar-refractivity contribution in [2.45, 2.75) is 26.8 Å². The molecule has 0 bridgehead atoms. The summed E-state index contributed by atoms with van der Waals surface area (Å²) >= 11 is 0. The molecule has 0 radical (unpaired) electrons. The van der Waals surface area contributed by atoms with Gasteiger partial charge in [-0.3, -0.25) is 4.79 Å². The summed E-state index contributed by atoms with van der Waals surface area (Å²) in [6, 6.07) is 7.71. The van der Waals surface area contributed by atoms with Crippen LogP contribution in [0, 0.1) is 6.92 Å². The second kappa shape index (κ2) is 7.98. The summed E-state index contributed by atoms with van der Waals surface area (Å²) in [4.78, 5) is 29.8. The normalized spacial score (nSPS) is 10.8. The topological polar surface area (TPSA) is 74.4 Å². The molecule has 0 aliphatic carbocycles. The molecule has 2 N–H and O–H groups in total. The zero-order valence-electron chi connectivity index (χ0n) is 15.4. The van der Waals surface area contributed by atoms with Gasteiger partial charge < -0.3 is 19.9 Å². The number of ether oxygens (including phenoxy) is 1. The van der Waals surface area contributed by atoms with E-state index in [1.54, 1.807) is 6.92 Å². The van der Waals surface area contributed by atoms with Gasteiger partial charge in [0.25, 0.3) is 5.91 Å². The first-order valence-electron chi connectivity index (χ1n) is 8.22. The molecule has 6 nitrogen and oxygen atoms in total. The highest BCUT2D eigenvalue weighted by Crippen LogP contribution is 2.21. The Morgan fingerprint density at radius 2 is 2.00 bits per heavy atom. The van der Waals surface area contributed by atoms with E-state index in [9.17, 15) is 9.59 Å². The summed E-state index contributed by atoms with van der Waals surface area (Å²) in [7, 11) is 5.33. The first-order chi connectivity index (χ1) is 11.9. The molecule has 0 aliphatic heterocycles. The Morgan fingerprint density at radius 1 is 1.28 bits per heavy atom. The zero-order chi connectivity index (χ0) is 18.6. The van der Waals surface area contributed by atoms with Crippen molar-refractivity contribution >= 4 is 17.6 Å². The molecule has 0 spiro atoms. The lowest BCUT2D eigenvalue weighted by Crippen LogP contribution is -2.15. The molecule has 0 aliphatic rings. The fourth-order valence-electron chi connectivity index (χ4n) is 2.84. The number of carbonyl (C=O) groups excluding carboxylic acids is 2. The quantitative estimate of drug-likeness (QED) is 0.791. The Balaban J connectivity index is 2.27. The first kappa shape index (κ1) is 18.7. The molecule has 2 aromatic rings. The lowest BCUT2D eigenvalue weighted by atomic mass is 10.1. The number of nitrogens with one attached hydrogen (secondary N) is 2. The minimum Gasteiger partial charge on any atom is -0.465 e. The van der Waals surface area contributed by atoms with Gasteiger partial charge in [0.2, 0.25) is 0 Å². The van der Waals surface area contributed by atoms with Gasteiger partial charge in [0, 0.05) is 17.9 Å². The minimum absolute atomic E-state index is 0.274. The van der Waals surface area contributed by atoms with E-state index < -0.39 is 5.97 Å². The zero-order valence-corrected chi connectivity index (χ0v) is 15.4. The predicted molar refractivity (Wildman–Crippen MR) is 98.0 cm³/mol. The Bertz CT molecular complexity index is 778. The van der Waals surface area contributed by atoms with Crippen LogP contribution in [-0.2, 0) is 17.7 Å². The van der Waals surface area contributed by atoms with Crippen molar-refractivity contribution in [1.29, 1.82) is 0 Å². The van der Waals surface area contributed by atoms with E-state index in [-0.39, 0.29) is 5.91 Å². The maximum Gasteiger partial charge on any atom is 0.339 e. The number of esters is 1. The third kappa shape index (κ3) is 4.28. The molecular weight excluding hydrogens is 318 g/mol. The standard InChI is InChI=1S/C19H25N3O3/c1-6-15-16(19(24)25-5)12(2)17(21-15)18(23)20-14-9-7-8-13(10-14)11-22(3)4/h7-10,21H,6,11H2,1-5H3,(H,20,23). The summed E-state index contributed by atoms with van der Waals surface area (Å²) < 4.78 is 4.83. The highest BCUT2D eigenvalue weighted by Gasteiger charge is 2.23.